The Kier molecular flexibility index (Phi) is 3.18. The summed E-state index contributed by atoms with van der Waals surface area (Å²) in [6.45, 7) is 0. The Morgan fingerprint density at radius 3 is 1.95 bits per heavy atom. The van der Waals surface area contributed by atoms with Gasteiger partial charge in [-0.1, -0.05) is 60.7 Å². The Morgan fingerprint density at radius 2 is 1.37 bits per heavy atom. The molecule has 1 aliphatic rings. The van der Waals surface area contributed by atoms with E-state index < -0.39 is 6.10 Å². The van der Waals surface area contributed by atoms with Gasteiger partial charge in [0.25, 0.3) is 0 Å². The summed E-state index contributed by atoms with van der Waals surface area (Å²) >= 11 is 0. The zero-order valence-corrected chi connectivity index (χ0v) is 10.6. The second-order valence-corrected chi connectivity index (χ2v) is 5.06. The molecule has 96 valence electrons. The number of hydrogen-bond acceptors (Lipinski definition) is 2. The molecule has 0 spiro atoms. The minimum atomic E-state index is -0.583. The molecule has 19 heavy (non-hydrogen) atoms. The van der Waals surface area contributed by atoms with Crippen molar-refractivity contribution in [3.63, 3.8) is 0 Å². The lowest BCUT2D eigenvalue weighted by Crippen LogP contribution is -2.17. The van der Waals surface area contributed by atoms with Crippen LogP contribution < -0.4 is 0 Å². The second kappa shape index (κ2) is 4.98. The van der Waals surface area contributed by atoms with E-state index in [-0.39, 0.29) is 24.0 Å². The zero-order chi connectivity index (χ0) is 13.2. The molecule has 3 atom stereocenters. The molecule has 0 amide bonds. The van der Waals surface area contributed by atoms with Gasteiger partial charge in [-0.3, -0.25) is 4.79 Å². The number of carbonyl (C=O) groups is 1. The molecule has 0 saturated heterocycles. The van der Waals surface area contributed by atoms with E-state index in [1.54, 1.807) is 0 Å². The lowest BCUT2D eigenvalue weighted by molar-refractivity contribution is -0.119. The molecule has 0 radical (unpaired) electrons. The summed E-state index contributed by atoms with van der Waals surface area (Å²) < 4.78 is 0. The van der Waals surface area contributed by atoms with Crippen LogP contribution in [0.5, 0.6) is 0 Å². The van der Waals surface area contributed by atoms with Gasteiger partial charge < -0.3 is 5.11 Å². The molecule has 1 aliphatic carbocycles. The van der Waals surface area contributed by atoms with E-state index in [0.717, 1.165) is 11.1 Å². The van der Waals surface area contributed by atoms with Crippen molar-refractivity contribution in [2.75, 3.05) is 0 Å². The highest BCUT2D eigenvalue weighted by molar-refractivity contribution is 5.90. The normalized spacial score (nSPS) is 26.6. The lowest BCUT2D eigenvalue weighted by Gasteiger charge is -2.21. The number of rotatable bonds is 2. The standard InChI is InChI=1S/C17H16O2/c18-14-11-15(19)17(13-9-5-2-6-10-13)16(14)12-7-3-1-4-8-12/h1-10,14,16-18H,11H2/t14-,16+,17+/m0/s1. The fourth-order valence-corrected chi connectivity index (χ4v) is 3.03. The van der Waals surface area contributed by atoms with Crippen LogP contribution in [0.1, 0.15) is 29.4 Å². The Labute approximate surface area is 112 Å². The summed E-state index contributed by atoms with van der Waals surface area (Å²) in [6, 6.07) is 19.6. The van der Waals surface area contributed by atoms with Crippen LogP contribution in [0.15, 0.2) is 60.7 Å². The maximum Gasteiger partial charge on any atom is 0.143 e. The van der Waals surface area contributed by atoms with Crippen LogP contribution in [0.3, 0.4) is 0 Å². The van der Waals surface area contributed by atoms with Crippen LogP contribution in [0, 0.1) is 0 Å². The van der Waals surface area contributed by atoms with Crippen LogP contribution in [0.25, 0.3) is 0 Å². The van der Waals surface area contributed by atoms with Crippen LogP contribution in [0.2, 0.25) is 0 Å². The van der Waals surface area contributed by atoms with E-state index in [1.165, 1.54) is 0 Å². The molecule has 1 N–H and O–H groups in total. The molecule has 0 unspecified atom stereocenters. The lowest BCUT2D eigenvalue weighted by atomic mass is 9.83. The number of carbonyl (C=O) groups excluding carboxylic acids is 1. The van der Waals surface area contributed by atoms with E-state index in [1.807, 2.05) is 60.7 Å². The first-order chi connectivity index (χ1) is 9.27. The predicted octanol–water partition coefficient (Wildman–Crippen LogP) is 2.89. The topological polar surface area (TPSA) is 37.3 Å². The van der Waals surface area contributed by atoms with Crippen LogP contribution in [0.4, 0.5) is 0 Å². The van der Waals surface area contributed by atoms with Crippen molar-refractivity contribution in [3.05, 3.63) is 71.8 Å². The van der Waals surface area contributed by atoms with E-state index in [0.29, 0.717) is 0 Å². The van der Waals surface area contributed by atoms with Crippen LogP contribution >= 0.6 is 0 Å². The summed E-state index contributed by atoms with van der Waals surface area (Å²) in [5.74, 6) is -0.220. The highest BCUT2D eigenvalue weighted by atomic mass is 16.3. The Hall–Kier alpha value is -1.93. The first-order valence-corrected chi connectivity index (χ1v) is 6.58. The fraction of sp³-hybridized carbons (Fsp3) is 0.235. The van der Waals surface area contributed by atoms with Gasteiger partial charge in [0.15, 0.2) is 0 Å². The van der Waals surface area contributed by atoms with Crippen molar-refractivity contribution in [1.29, 1.82) is 0 Å². The quantitative estimate of drug-likeness (QED) is 0.892. The predicted molar refractivity (Wildman–Crippen MR) is 74.0 cm³/mol. The van der Waals surface area contributed by atoms with Gasteiger partial charge >= 0.3 is 0 Å². The van der Waals surface area contributed by atoms with E-state index in [9.17, 15) is 9.90 Å². The smallest absolute Gasteiger partial charge is 0.143 e. The molecule has 1 saturated carbocycles. The van der Waals surface area contributed by atoms with Crippen molar-refractivity contribution < 1.29 is 9.90 Å². The highest BCUT2D eigenvalue weighted by Crippen LogP contribution is 2.43. The molecule has 2 nitrogen and oxygen atoms in total. The Balaban J connectivity index is 2.03. The third-order valence-electron chi connectivity index (χ3n) is 3.87. The zero-order valence-electron chi connectivity index (χ0n) is 10.6. The Morgan fingerprint density at radius 1 is 0.842 bits per heavy atom. The van der Waals surface area contributed by atoms with E-state index in [4.69, 9.17) is 0 Å². The van der Waals surface area contributed by atoms with Gasteiger partial charge in [0.1, 0.15) is 5.78 Å². The third kappa shape index (κ3) is 2.20. The van der Waals surface area contributed by atoms with Crippen molar-refractivity contribution in [3.8, 4) is 0 Å². The van der Waals surface area contributed by atoms with Gasteiger partial charge in [0, 0.05) is 12.3 Å². The molecular formula is C17H16O2. The molecule has 1 fully saturated rings. The molecule has 2 aromatic rings. The summed E-state index contributed by atoms with van der Waals surface area (Å²) in [5, 5.41) is 10.2. The second-order valence-electron chi connectivity index (χ2n) is 5.06. The monoisotopic (exact) mass is 252 g/mol. The van der Waals surface area contributed by atoms with Gasteiger partial charge in [-0.05, 0) is 11.1 Å². The molecule has 0 aromatic heterocycles. The first-order valence-electron chi connectivity index (χ1n) is 6.58. The van der Waals surface area contributed by atoms with Gasteiger partial charge in [-0.15, -0.1) is 0 Å². The molecule has 0 bridgehead atoms. The molecule has 3 rings (SSSR count). The number of hydrogen-bond donors (Lipinski definition) is 1. The maximum absolute atomic E-state index is 12.2. The van der Waals surface area contributed by atoms with Crippen molar-refractivity contribution in [2.45, 2.75) is 24.4 Å². The van der Waals surface area contributed by atoms with Crippen molar-refractivity contribution in [1.82, 2.24) is 0 Å². The van der Waals surface area contributed by atoms with E-state index >= 15 is 0 Å². The fourth-order valence-electron chi connectivity index (χ4n) is 3.03. The average molecular weight is 252 g/mol. The average Bonchev–Trinajstić information content (AvgIpc) is 2.75. The van der Waals surface area contributed by atoms with Crippen molar-refractivity contribution >= 4 is 5.78 Å². The molecule has 0 heterocycles. The van der Waals surface area contributed by atoms with E-state index in [2.05, 4.69) is 0 Å². The van der Waals surface area contributed by atoms with Crippen LogP contribution in [-0.2, 0) is 4.79 Å². The summed E-state index contributed by atoms with van der Waals surface area (Å²) in [5.41, 5.74) is 2.03. The number of Topliss-reactive ketones (excluding diaryl/α,β-unsaturated/α-hetero) is 1. The molecule has 2 aromatic carbocycles. The minimum absolute atomic E-state index is 0.129. The minimum Gasteiger partial charge on any atom is -0.392 e. The molecule has 2 heteroatoms. The highest BCUT2D eigenvalue weighted by Gasteiger charge is 2.42. The number of aliphatic hydroxyl groups excluding tert-OH is 1. The van der Waals surface area contributed by atoms with Gasteiger partial charge in [-0.25, -0.2) is 0 Å². The summed E-state index contributed by atoms with van der Waals surface area (Å²) in [7, 11) is 0. The maximum atomic E-state index is 12.2. The SMILES string of the molecule is O=C1C[C@H](O)[C@@H](c2ccccc2)[C@@H]1c1ccccc1. The van der Waals surface area contributed by atoms with Gasteiger partial charge in [-0.2, -0.15) is 0 Å². The van der Waals surface area contributed by atoms with Crippen molar-refractivity contribution in [2.24, 2.45) is 0 Å². The van der Waals surface area contributed by atoms with Gasteiger partial charge in [0.2, 0.25) is 0 Å². The number of benzene rings is 2. The Bertz CT molecular complexity index is 562. The number of aliphatic hydroxyl groups is 1. The largest absolute Gasteiger partial charge is 0.392 e. The summed E-state index contributed by atoms with van der Waals surface area (Å²) in [4.78, 5) is 12.2. The van der Waals surface area contributed by atoms with Crippen LogP contribution in [-0.4, -0.2) is 17.0 Å². The first kappa shape index (κ1) is 12.1. The molecular weight excluding hydrogens is 236 g/mol. The summed E-state index contributed by atoms with van der Waals surface area (Å²) in [6.07, 6.45) is -0.334. The number of ketones is 1. The van der Waals surface area contributed by atoms with Gasteiger partial charge in [0.05, 0.1) is 12.0 Å². The molecule has 0 aliphatic heterocycles. The third-order valence-corrected chi connectivity index (χ3v) is 3.87.